The van der Waals surface area contributed by atoms with Crippen molar-refractivity contribution < 1.29 is 14.6 Å². The van der Waals surface area contributed by atoms with Gasteiger partial charge in [0.2, 0.25) is 0 Å². The van der Waals surface area contributed by atoms with E-state index in [1.807, 2.05) is 12.1 Å². The third-order valence-electron chi connectivity index (χ3n) is 3.63. The van der Waals surface area contributed by atoms with Gasteiger partial charge in [0.1, 0.15) is 11.5 Å². The molecule has 1 aliphatic rings. The van der Waals surface area contributed by atoms with Crippen LogP contribution in [0.3, 0.4) is 0 Å². The number of benzene rings is 2. The van der Waals surface area contributed by atoms with Crippen molar-refractivity contribution in [2.75, 3.05) is 5.32 Å². The van der Waals surface area contributed by atoms with Crippen LogP contribution < -0.4 is 10.1 Å². The Hall–Kier alpha value is -2.49. The first kappa shape index (κ1) is 13.5. The molecule has 4 heteroatoms. The van der Waals surface area contributed by atoms with Crippen LogP contribution in [0.5, 0.6) is 11.5 Å². The van der Waals surface area contributed by atoms with Crippen molar-refractivity contribution in [3.8, 4) is 11.5 Å². The summed E-state index contributed by atoms with van der Waals surface area (Å²) in [5, 5.41) is 12.2. The minimum absolute atomic E-state index is 0.103. The topological polar surface area (TPSA) is 58.6 Å². The molecule has 1 heterocycles. The number of amides is 1. The molecule has 2 N–H and O–H groups in total. The molecule has 0 fully saturated rings. The third-order valence-corrected chi connectivity index (χ3v) is 3.63. The maximum Gasteiger partial charge on any atom is 0.265 e. The van der Waals surface area contributed by atoms with E-state index in [0.717, 1.165) is 12.0 Å². The van der Waals surface area contributed by atoms with Crippen molar-refractivity contribution in [1.29, 1.82) is 0 Å². The fourth-order valence-electron chi connectivity index (χ4n) is 2.40. The van der Waals surface area contributed by atoms with E-state index in [2.05, 4.69) is 24.4 Å². The van der Waals surface area contributed by atoms with Crippen LogP contribution >= 0.6 is 0 Å². The summed E-state index contributed by atoms with van der Waals surface area (Å²) in [6, 6.07) is 12.9. The van der Waals surface area contributed by atoms with E-state index < -0.39 is 6.10 Å². The standard InChI is InChI=1S/C17H17NO3/c1-2-11-3-5-12(6-4-11)9-16-17(20)18-14-10-13(19)7-8-15(14)21-16/h3-8,10,16,19H,2,9H2,1H3,(H,18,20). The van der Waals surface area contributed by atoms with Gasteiger partial charge in [0, 0.05) is 12.5 Å². The monoisotopic (exact) mass is 283 g/mol. The number of aryl methyl sites for hydroxylation is 1. The molecule has 0 bridgehead atoms. The summed E-state index contributed by atoms with van der Waals surface area (Å²) < 4.78 is 5.74. The lowest BCUT2D eigenvalue weighted by molar-refractivity contribution is -0.123. The maximum absolute atomic E-state index is 12.1. The summed E-state index contributed by atoms with van der Waals surface area (Å²) in [4.78, 5) is 12.1. The molecule has 2 aromatic rings. The van der Waals surface area contributed by atoms with E-state index in [4.69, 9.17) is 4.74 Å². The maximum atomic E-state index is 12.1. The highest BCUT2D eigenvalue weighted by Gasteiger charge is 2.27. The molecule has 2 aromatic carbocycles. The molecule has 3 rings (SSSR count). The van der Waals surface area contributed by atoms with Crippen LogP contribution in [-0.4, -0.2) is 17.1 Å². The van der Waals surface area contributed by atoms with Crippen LogP contribution in [0.15, 0.2) is 42.5 Å². The molecule has 0 radical (unpaired) electrons. The highest BCUT2D eigenvalue weighted by atomic mass is 16.5. The number of rotatable bonds is 3. The first-order valence-electron chi connectivity index (χ1n) is 7.04. The van der Waals surface area contributed by atoms with E-state index >= 15 is 0 Å². The average Bonchev–Trinajstić information content (AvgIpc) is 2.49. The Morgan fingerprint density at radius 2 is 1.86 bits per heavy atom. The van der Waals surface area contributed by atoms with Crippen LogP contribution in [0.25, 0.3) is 0 Å². The predicted molar refractivity (Wildman–Crippen MR) is 80.7 cm³/mol. The Morgan fingerprint density at radius 1 is 1.14 bits per heavy atom. The molecular weight excluding hydrogens is 266 g/mol. The molecule has 0 spiro atoms. The molecule has 1 aliphatic heterocycles. The quantitative estimate of drug-likeness (QED) is 0.910. The van der Waals surface area contributed by atoms with E-state index in [9.17, 15) is 9.90 Å². The first-order valence-corrected chi connectivity index (χ1v) is 7.04. The lowest BCUT2D eigenvalue weighted by atomic mass is 10.0. The summed E-state index contributed by atoms with van der Waals surface area (Å²) in [5.41, 5.74) is 2.85. The Balaban J connectivity index is 1.77. The molecule has 1 atom stereocenters. The van der Waals surface area contributed by atoms with Gasteiger partial charge in [-0.15, -0.1) is 0 Å². The molecule has 0 saturated heterocycles. The highest BCUT2D eigenvalue weighted by molar-refractivity contribution is 5.98. The molecular formula is C17H17NO3. The number of fused-ring (bicyclic) bond motifs is 1. The van der Waals surface area contributed by atoms with Gasteiger partial charge in [-0.2, -0.15) is 0 Å². The summed E-state index contributed by atoms with van der Waals surface area (Å²) >= 11 is 0. The molecule has 0 aromatic heterocycles. The lowest BCUT2D eigenvalue weighted by Gasteiger charge is -2.26. The number of anilines is 1. The van der Waals surface area contributed by atoms with Crippen LogP contribution in [0.1, 0.15) is 18.1 Å². The normalized spacial score (nSPS) is 16.8. The van der Waals surface area contributed by atoms with Crippen molar-refractivity contribution >= 4 is 11.6 Å². The van der Waals surface area contributed by atoms with Gasteiger partial charge < -0.3 is 15.2 Å². The van der Waals surface area contributed by atoms with E-state index in [1.165, 1.54) is 11.6 Å². The number of nitrogens with one attached hydrogen (secondary N) is 1. The number of hydrogen-bond acceptors (Lipinski definition) is 3. The zero-order valence-electron chi connectivity index (χ0n) is 11.8. The zero-order chi connectivity index (χ0) is 14.8. The highest BCUT2D eigenvalue weighted by Crippen LogP contribution is 2.33. The van der Waals surface area contributed by atoms with Gasteiger partial charge in [-0.25, -0.2) is 0 Å². The number of phenols is 1. The van der Waals surface area contributed by atoms with E-state index in [-0.39, 0.29) is 11.7 Å². The van der Waals surface area contributed by atoms with Crippen LogP contribution in [0.4, 0.5) is 5.69 Å². The third kappa shape index (κ3) is 2.84. The second-order valence-electron chi connectivity index (χ2n) is 5.15. The summed E-state index contributed by atoms with van der Waals surface area (Å²) in [6.45, 7) is 2.11. The van der Waals surface area contributed by atoms with Gasteiger partial charge in [0.05, 0.1) is 5.69 Å². The van der Waals surface area contributed by atoms with E-state index in [1.54, 1.807) is 12.1 Å². The second kappa shape index (κ2) is 5.48. The number of aromatic hydroxyl groups is 1. The second-order valence-corrected chi connectivity index (χ2v) is 5.15. The van der Waals surface area contributed by atoms with Gasteiger partial charge in [0.15, 0.2) is 6.10 Å². The van der Waals surface area contributed by atoms with Crippen molar-refractivity contribution in [2.45, 2.75) is 25.9 Å². The minimum Gasteiger partial charge on any atom is -0.508 e. The Labute approximate surface area is 123 Å². The Kier molecular flexibility index (Phi) is 3.52. The number of phenolic OH excluding ortho intramolecular Hbond substituents is 1. The van der Waals surface area contributed by atoms with Crippen molar-refractivity contribution in [1.82, 2.24) is 0 Å². The van der Waals surface area contributed by atoms with Gasteiger partial charge in [-0.1, -0.05) is 31.2 Å². The summed E-state index contributed by atoms with van der Waals surface area (Å²) in [5.74, 6) is 0.501. The molecule has 4 nitrogen and oxygen atoms in total. The number of hydrogen-bond donors (Lipinski definition) is 2. The molecule has 1 amide bonds. The SMILES string of the molecule is CCc1ccc(CC2Oc3ccc(O)cc3NC2=O)cc1. The number of carbonyl (C=O) groups is 1. The zero-order valence-corrected chi connectivity index (χ0v) is 11.8. The van der Waals surface area contributed by atoms with E-state index in [0.29, 0.717) is 17.9 Å². The Morgan fingerprint density at radius 3 is 2.57 bits per heavy atom. The van der Waals surface area contributed by atoms with Gasteiger partial charge in [-0.05, 0) is 29.7 Å². The summed E-state index contributed by atoms with van der Waals surface area (Å²) in [7, 11) is 0. The lowest BCUT2D eigenvalue weighted by Crippen LogP contribution is -2.38. The smallest absolute Gasteiger partial charge is 0.265 e. The van der Waals surface area contributed by atoms with Crippen molar-refractivity contribution in [3.63, 3.8) is 0 Å². The van der Waals surface area contributed by atoms with Crippen LogP contribution in [0.2, 0.25) is 0 Å². The average molecular weight is 283 g/mol. The van der Waals surface area contributed by atoms with Gasteiger partial charge in [0.25, 0.3) is 5.91 Å². The Bertz CT molecular complexity index is 664. The van der Waals surface area contributed by atoms with Gasteiger partial charge >= 0.3 is 0 Å². The number of ether oxygens (including phenoxy) is 1. The minimum atomic E-state index is -0.547. The molecule has 0 saturated carbocycles. The summed E-state index contributed by atoms with van der Waals surface area (Å²) in [6.07, 6.45) is 0.975. The molecule has 21 heavy (non-hydrogen) atoms. The van der Waals surface area contributed by atoms with Crippen molar-refractivity contribution in [3.05, 3.63) is 53.6 Å². The van der Waals surface area contributed by atoms with Crippen LogP contribution in [-0.2, 0) is 17.6 Å². The van der Waals surface area contributed by atoms with Gasteiger partial charge in [-0.3, -0.25) is 4.79 Å². The first-order chi connectivity index (χ1) is 10.2. The molecule has 0 aliphatic carbocycles. The fourth-order valence-corrected chi connectivity index (χ4v) is 2.40. The fraction of sp³-hybridized carbons (Fsp3) is 0.235. The molecule has 108 valence electrons. The largest absolute Gasteiger partial charge is 0.508 e. The number of carbonyl (C=O) groups excluding carboxylic acids is 1. The van der Waals surface area contributed by atoms with Crippen molar-refractivity contribution in [2.24, 2.45) is 0 Å². The molecule has 1 unspecified atom stereocenters. The van der Waals surface area contributed by atoms with Crippen LogP contribution in [0, 0.1) is 0 Å². The predicted octanol–water partition coefficient (Wildman–Crippen LogP) is 2.90.